The number of hydrogen-bond acceptors (Lipinski definition) is 5. The minimum Gasteiger partial charge on any atom is -0.493 e. The maximum Gasteiger partial charge on any atom is 0.328 e. The van der Waals surface area contributed by atoms with Crippen molar-refractivity contribution in [1.82, 2.24) is 0 Å². The van der Waals surface area contributed by atoms with E-state index < -0.39 is 11.8 Å². The van der Waals surface area contributed by atoms with Gasteiger partial charge in [0.15, 0.2) is 22.8 Å². The van der Waals surface area contributed by atoms with Gasteiger partial charge in [-0.25, -0.2) is 4.79 Å². The Bertz CT molecular complexity index is 1070. The molecule has 2 aromatic carbocycles. The maximum atomic E-state index is 10.9. The van der Waals surface area contributed by atoms with E-state index in [9.17, 15) is 4.79 Å². The number of ether oxygens (including phenoxy) is 3. The fourth-order valence-corrected chi connectivity index (χ4v) is 3.10. The van der Waals surface area contributed by atoms with Crippen LogP contribution in [0.4, 0.5) is 0 Å². The highest BCUT2D eigenvalue weighted by molar-refractivity contribution is 5.96. The summed E-state index contributed by atoms with van der Waals surface area (Å²) in [4.78, 5) is 10.9. The van der Waals surface area contributed by atoms with Gasteiger partial charge in [0, 0.05) is 30.9 Å². The lowest BCUT2D eigenvalue weighted by Crippen LogP contribution is -2.29. The molecule has 0 unspecified atom stereocenters. The molecule has 0 atom stereocenters. The Morgan fingerprint density at radius 2 is 1.89 bits per heavy atom. The van der Waals surface area contributed by atoms with Gasteiger partial charge in [-0.3, -0.25) is 0 Å². The molecule has 0 fully saturated rings. The van der Waals surface area contributed by atoms with E-state index in [-0.39, 0.29) is 0 Å². The van der Waals surface area contributed by atoms with Gasteiger partial charge in [-0.15, -0.1) is 0 Å². The number of hydrogen-bond donors (Lipinski definition) is 1. The summed E-state index contributed by atoms with van der Waals surface area (Å²) in [6, 6.07) is 11.0. The van der Waals surface area contributed by atoms with Gasteiger partial charge in [0.2, 0.25) is 5.79 Å². The van der Waals surface area contributed by atoms with Crippen LogP contribution >= 0.6 is 0 Å². The van der Waals surface area contributed by atoms with E-state index in [4.69, 9.17) is 23.7 Å². The third-order valence-corrected chi connectivity index (χ3v) is 4.25. The van der Waals surface area contributed by atoms with Gasteiger partial charge in [-0.1, -0.05) is 6.07 Å². The van der Waals surface area contributed by atoms with Gasteiger partial charge in [0.05, 0.1) is 7.11 Å². The topological polar surface area (TPSA) is 78.1 Å². The number of benzene rings is 2. The molecule has 27 heavy (non-hydrogen) atoms. The first-order valence-corrected chi connectivity index (χ1v) is 8.40. The number of carbonyl (C=O) groups is 1. The standard InChI is InChI=1S/C21H18O6/c1-21(2)26-15-7-5-13(10-18(15)27-21)17-11-14-12(6-9-19(22)23)4-8-16(24-3)20(14)25-17/h4-11H,1-3H3,(H,22,23)/b9-6+. The molecule has 0 radical (unpaired) electrons. The van der Waals surface area contributed by atoms with Gasteiger partial charge >= 0.3 is 5.97 Å². The Kier molecular flexibility index (Phi) is 3.84. The molecule has 1 N–H and O–H groups in total. The Morgan fingerprint density at radius 1 is 1.11 bits per heavy atom. The van der Waals surface area contributed by atoms with Crippen molar-refractivity contribution >= 4 is 23.0 Å². The van der Waals surface area contributed by atoms with Crippen molar-refractivity contribution in [3.8, 4) is 28.6 Å². The quantitative estimate of drug-likeness (QED) is 0.674. The molecule has 138 valence electrons. The van der Waals surface area contributed by atoms with Crippen LogP contribution in [0.1, 0.15) is 19.4 Å². The Morgan fingerprint density at radius 3 is 2.63 bits per heavy atom. The van der Waals surface area contributed by atoms with Crippen LogP contribution in [-0.2, 0) is 4.79 Å². The molecule has 1 aliphatic rings. The van der Waals surface area contributed by atoms with Crippen LogP contribution in [0.15, 0.2) is 46.9 Å². The molecule has 6 nitrogen and oxygen atoms in total. The maximum absolute atomic E-state index is 10.9. The van der Waals surface area contributed by atoms with Crippen molar-refractivity contribution < 1.29 is 28.5 Å². The molecule has 1 aliphatic heterocycles. The summed E-state index contributed by atoms with van der Waals surface area (Å²) in [6.07, 6.45) is 2.63. The second-order valence-corrected chi connectivity index (χ2v) is 6.65. The molecule has 0 saturated carbocycles. The number of aliphatic carboxylic acids is 1. The monoisotopic (exact) mass is 366 g/mol. The van der Waals surface area contributed by atoms with Crippen LogP contribution in [0.2, 0.25) is 0 Å². The van der Waals surface area contributed by atoms with Crippen LogP contribution in [0.3, 0.4) is 0 Å². The van der Waals surface area contributed by atoms with Gasteiger partial charge < -0.3 is 23.7 Å². The third kappa shape index (κ3) is 3.10. The van der Waals surface area contributed by atoms with E-state index in [0.717, 1.165) is 22.6 Å². The number of furan rings is 1. The summed E-state index contributed by atoms with van der Waals surface area (Å²) in [5.74, 6) is 0.813. The number of methoxy groups -OCH3 is 1. The van der Waals surface area contributed by atoms with Crippen molar-refractivity contribution in [1.29, 1.82) is 0 Å². The summed E-state index contributed by atoms with van der Waals surface area (Å²) in [5, 5.41) is 9.67. The average molecular weight is 366 g/mol. The molecule has 2 heterocycles. The van der Waals surface area contributed by atoms with E-state index in [0.29, 0.717) is 28.6 Å². The summed E-state index contributed by atoms with van der Waals surface area (Å²) < 4.78 is 22.9. The molecular formula is C21H18O6. The number of rotatable bonds is 4. The zero-order valence-corrected chi connectivity index (χ0v) is 15.1. The average Bonchev–Trinajstić information content (AvgIpc) is 3.18. The fourth-order valence-electron chi connectivity index (χ4n) is 3.10. The van der Waals surface area contributed by atoms with Crippen molar-refractivity contribution in [3.05, 3.63) is 48.0 Å². The van der Waals surface area contributed by atoms with Gasteiger partial charge in [-0.05, 0) is 42.0 Å². The third-order valence-electron chi connectivity index (χ3n) is 4.25. The molecule has 0 saturated heterocycles. The Hall–Kier alpha value is -3.41. The van der Waals surface area contributed by atoms with Crippen LogP contribution < -0.4 is 14.2 Å². The molecule has 0 aliphatic carbocycles. The largest absolute Gasteiger partial charge is 0.493 e. The number of carboxylic acids is 1. The highest BCUT2D eigenvalue weighted by atomic mass is 16.7. The molecular weight excluding hydrogens is 348 g/mol. The Labute approximate surface area is 155 Å². The Balaban J connectivity index is 1.82. The van der Waals surface area contributed by atoms with Crippen LogP contribution in [0.5, 0.6) is 17.2 Å². The second-order valence-electron chi connectivity index (χ2n) is 6.65. The molecule has 3 aromatic rings. The van der Waals surface area contributed by atoms with E-state index in [1.165, 1.54) is 6.08 Å². The van der Waals surface area contributed by atoms with E-state index in [2.05, 4.69) is 0 Å². The summed E-state index contributed by atoms with van der Waals surface area (Å²) in [7, 11) is 1.56. The molecule has 4 rings (SSSR count). The minimum atomic E-state index is -1.01. The highest BCUT2D eigenvalue weighted by Gasteiger charge is 2.32. The summed E-state index contributed by atoms with van der Waals surface area (Å²) in [5.41, 5.74) is 2.10. The summed E-state index contributed by atoms with van der Waals surface area (Å²) >= 11 is 0. The molecule has 1 aromatic heterocycles. The molecule has 0 amide bonds. The zero-order valence-electron chi connectivity index (χ0n) is 15.1. The molecule has 6 heteroatoms. The van der Waals surface area contributed by atoms with E-state index >= 15 is 0 Å². The van der Waals surface area contributed by atoms with E-state index in [1.54, 1.807) is 19.2 Å². The first kappa shape index (κ1) is 17.0. The van der Waals surface area contributed by atoms with E-state index in [1.807, 2.05) is 38.1 Å². The lowest BCUT2D eigenvalue weighted by molar-refractivity contribution is -0.131. The highest BCUT2D eigenvalue weighted by Crippen LogP contribution is 2.43. The molecule has 0 bridgehead atoms. The van der Waals surface area contributed by atoms with Gasteiger partial charge in [0.1, 0.15) is 5.76 Å². The van der Waals surface area contributed by atoms with Crippen LogP contribution in [0.25, 0.3) is 28.4 Å². The fraction of sp³-hybridized carbons (Fsp3) is 0.190. The normalized spacial score (nSPS) is 14.8. The molecule has 0 spiro atoms. The van der Waals surface area contributed by atoms with Crippen LogP contribution in [0, 0.1) is 0 Å². The number of carboxylic acid groups (broad SMARTS) is 1. The predicted octanol–water partition coefficient (Wildman–Crippen LogP) is 4.71. The second kappa shape index (κ2) is 6.09. The predicted molar refractivity (Wildman–Crippen MR) is 100 cm³/mol. The smallest absolute Gasteiger partial charge is 0.328 e. The van der Waals surface area contributed by atoms with Crippen molar-refractivity contribution in [3.63, 3.8) is 0 Å². The van der Waals surface area contributed by atoms with Crippen molar-refractivity contribution in [2.75, 3.05) is 7.11 Å². The zero-order chi connectivity index (χ0) is 19.2. The first-order chi connectivity index (χ1) is 12.9. The van der Waals surface area contributed by atoms with Crippen molar-refractivity contribution in [2.45, 2.75) is 19.6 Å². The lowest BCUT2D eigenvalue weighted by atomic mass is 10.1. The number of fused-ring (bicyclic) bond motifs is 2. The lowest BCUT2D eigenvalue weighted by Gasteiger charge is -2.16. The van der Waals surface area contributed by atoms with Gasteiger partial charge in [-0.2, -0.15) is 0 Å². The van der Waals surface area contributed by atoms with Crippen molar-refractivity contribution in [2.24, 2.45) is 0 Å². The minimum absolute atomic E-state index is 0.554. The first-order valence-electron chi connectivity index (χ1n) is 8.40. The summed E-state index contributed by atoms with van der Waals surface area (Å²) in [6.45, 7) is 3.69. The SMILES string of the molecule is COc1ccc(/C=C/C(=O)O)c2cc(-c3ccc4c(c3)OC(C)(C)O4)oc12. The van der Waals surface area contributed by atoms with Crippen LogP contribution in [-0.4, -0.2) is 24.0 Å². The van der Waals surface area contributed by atoms with Gasteiger partial charge in [0.25, 0.3) is 0 Å².